The van der Waals surface area contributed by atoms with Crippen LogP contribution in [0.4, 0.5) is 5.82 Å². The summed E-state index contributed by atoms with van der Waals surface area (Å²) < 4.78 is 0. The molecule has 4 heteroatoms. The number of aryl methyl sites for hydroxylation is 2. The molecule has 1 N–H and O–H groups in total. The first-order valence-corrected chi connectivity index (χ1v) is 6.53. The summed E-state index contributed by atoms with van der Waals surface area (Å²) in [7, 11) is 0. The average molecular weight is 247 g/mol. The van der Waals surface area contributed by atoms with Gasteiger partial charge in [-0.05, 0) is 32.8 Å². The molecule has 17 heavy (non-hydrogen) atoms. The molecule has 0 fully saturated rings. The van der Waals surface area contributed by atoms with E-state index in [-0.39, 0.29) is 0 Å². The first-order valence-electron chi connectivity index (χ1n) is 5.71. The molecule has 0 saturated heterocycles. The Morgan fingerprint density at radius 1 is 1.47 bits per heavy atom. The third kappa shape index (κ3) is 2.31. The molecular formula is C13H17N3S. The Hall–Kier alpha value is -1.42. The zero-order chi connectivity index (χ0) is 12.4. The number of hydrogen-bond donors (Lipinski definition) is 1. The fraction of sp³-hybridized carbons (Fsp3) is 0.385. The van der Waals surface area contributed by atoms with Crippen LogP contribution in [-0.4, -0.2) is 16.0 Å². The molecule has 3 nitrogen and oxygen atoms in total. The maximum atomic E-state index is 4.35. The Balaban J connectivity index is 2.43. The van der Waals surface area contributed by atoms with E-state index in [1.54, 1.807) is 17.7 Å². The summed E-state index contributed by atoms with van der Waals surface area (Å²) in [5, 5.41) is 4.58. The monoisotopic (exact) mass is 247 g/mol. The lowest BCUT2D eigenvalue weighted by Gasteiger charge is -2.13. The number of rotatable bonds is 4. The van der Waals surface area contributed by atoms with Gasteiger partial charge in [-0.2, -0.15) is 0 Å². The summed E-state index contributed by atoms with van der Waals surface area (Å²) in [6.45, 7) is 10.1. The van der Waals surface area contributed by atoms with E-state index in [2.05, 4.69) is 42.6 Å². The van der Waals surface area contributed by atoms with Crippen LogP contribution in [0, 0.1) is 13.8 Å². The van der Waals surface area contributed by atoms with Crippen LogP contribution < -0.4 is 5.32 Å². The summed E-state index contributed by atoms with van der Waals surface area (Å²) in [5.41, 5.74) is 1.28. The molecule has 0 aliphatic carbocycles. The van der Waals surface area contributed by atoms with Gasteiger partial charge < -0.3 is 5.32 Å². The van der Waals surface area contributed by atoms with Crippen LogP contribution >= 0.6 is 11.3 Å². The highest BCUT2D eigenvalue weighted by molar-refractivity contribution is 7.18. The zero-order valence-corrected chi connectivity index (χ0v) is 11.3. The van der Waals surface area contributed by atoms with Gasteiger partial charge in [0.25, 0.3) is 0 Å². The van der Waals surface area contributed by atoms with Crippen LogP contribution in [0.3, 0.4) is 0 Å². The van der Waals surface area contributed by atoms with Gasteiger partial charge in [0.15, 0.2) is 0 Å². The third-order valence-corrected chi connectivity index (χ3v) is 3.98. The van der Waals surface area contributed by atoms with Crippen molar-refractivity contribution in [3.63, 3.8) is 0 Å². The summed E-state index contributed by atoms with van der Waals surface area (Å²) in [6.07, 6.45) is 4.47. The molecule has 1 atom stereocenters. The predicted molar refractivity (Wildman–Crippen MR) is 74.8 cm³/mol. The molecule has 2 rings (SSSR count). The largest absolute Gasteiger partial charge is 0.367 e. The minimum Gasteiger partial charge on any atom is -0.367 e. The van der Waals surface area contributed by atoms with Crippen molar-refractivity contribution in [3.05, 3.63) is 29.4 Å². The highest BCUT2D eigenvalue weighted by Gasteiger charge is 2.12. The van der Waals surface area contributed by atoms with Gasteiger partial charge in [-0.1, -0.05) is 6.08 Å². The Bertz CT molecular complexity index is 545. The molecule has 1 unspecified atom stereocenters. The molecule has 2 aromatic heterocycles. The van der Waals surface area contributed by atoms with Crippen LogP contribution in [-0.2, 0) is 0 Å². The highest BCUT2D eigenvalue weighted by atomic mass is 32.1. The van der Waals surface area contributed by atoms with E-state index in [1.807, 2.05) is 6.08 Å². The summed E-state index contributed by atoms with van der Waals surface area (Å²) in [5.74, 6) is 0.936. The second-order valence-corrected chi connectivity index (χ2v) is 5.46. The standard InChI is InChI=1S/C13H17N3S/c1-5-6-8(2)16-12-11-9(3)10(4)17-13(11)15-7-14-12/h5,7-8H,1,6H2,2-4H3,(H,14,15,16). The average Bonchev–Trinajstić information content (AvgIpc) is 2.56. The SMILES string of the molecule is C=CCC(C)Nc1ncnc2sc(C)c(C)c12. The maximum absolute atomic E-state index is 4.35. The van der Waals surface area contributed by atoms with Gasteiger partial charge >= 0.3 is 0 Å². The van der Waals surface area contributed by atoms with Crippen molar-refractivity contribution in [3.8, 4) is 0 Å². The quantitative estimate of drug-likeness (QED) is 0.837. The zero-order valence-electron chi connectivity index (χ0n) is 10.4. The number of thiophene rings is 1. The highest BCUT2D eigenvalue weighted by Crippen LogP contribution is 2.32. The van der Waals surface area contributed by atoms with E-state index in [0.29, 0.717) is 6.04 Å². The number of nitrogens with zero attached hydrogens (tertiary/aromatic N) is 2. The fourth-order valence-electron chi connectivity index (χ4n) is 1.83. The lowest BCUT2D eigenvalue weighted by molar-refractivity contribution is 0.808. The van der Waals surface area contributed by atoms with Gasteiger partial charge in [0.2, 0.25) is 0 Å². The van der Waals surface area contributed by atoms with Crippen molar-refractivity contribution < 1.29 is 0 Å². The first-order chi connectivity index (χ1) is 8.13. The molecule has 90 valence electrons. The number of nitrogens with one attached hydrogen (secondary N) is 1. The lowest BCUT2D eigenvalue weighted by Crippen LogP contribution is -2.15. The molecule has 0 saturated carbocycles. The van der Waals surface area contributed by atoms with Gasteiger partial charge in [-0.25, -0.2) is 9.97 Å². The van der Waals surface area contributed by atoms with E-state index in [4.69, 9.17) is 0 Å². The minimum absolute atomic E-state index is 0.338. The molecule has 0 bridgehead atoms. The number of aromatic nitrogens is 2. The molecule has 0 radical (unpaired) electrons. The fourth-order valence-corrected chi connectivity index (χ4v) is 2.83. The third-order valence-electron chi connectivity index (χ3n) is 2.87. The van der Waals surface area contributed by atoms with Gasteiger partial charge in [0, 0.05) is 10.9 Å². The van der Waals surface area contributed by atoms with Crippen molar-refractivity contribution in [1.82, 2.24) is 9.97 Å². The van der Waals surface area contributed by atoms with Crippen molar-refractivity contribution in [1.29, 1.82) is 0 Å². The molecule has 0 aromatic carbocycles. The van der Waals surface area contributed by atoms with Crippen molar-refractivity contribution >= 4 is 27.4 Å². The normalized spacial score (nSPS) is 12.6. The summed E-state index contributed by atoms with van der Waals surface area (Å²) >= 11 is 1.72. The number of fused-ring (bicyclic) bond motifs is 1. The molecule has 2 aromatic rings. The van der Waals surface area contributed by atoms with Crippen LogP contribution in [0.25, 0.3) is 10.2 Å². The molecule has 0 aliphatic rings. The molecule has 0 amide bonds. The van der Waals surface area contributed by atoms with Crippen molar-refractivity contribution in [2.45, 2.75) is 33.2 Å². The van der Waals surface area contributed by atoms with E-state index in [9.17, 15) is 0 Å². The van der Waals surface area contributed by atoms with Crippen LogP contribution in [0.1, 0.15) is 23.8 Å². The Morgan fingerprint density at radius 3 is 2.94 bits per heavy atom. The molecule has 0 spiro atoms. The Labute approximate surface area is 106 Å². The van der Waals surface area contributed by atoms with Crippen LogP contribution in [0.2, 0.25) is 0 Å². The maximum Gasteiger partial charge on any atom is 0.138 e. The van der Waals surface area contributed by atoms with Crippen molar-refractivity contribution in [2.24, 2.45) is 0 Å². The first kappa shape index (κ1) is 12.0. The Kier molecular flexibility index (Phi) is 3.43. The van der Waals surface area contributed by atoms with Gasteiger partial charge in [0.1, 0.15) is 17.0 Å². The number of anilines is 1. The van der Waals surface area contributed by atoms with Gasteiger partial charge in [0.05, 0.1) is 5.39 Å². The van der Waals surface area contributed by atoms with Gasteiger partial charge in [-0.15, -0.1) is 17.9 Å². The van der Waals surface area contributed by atoms with E-state index in [0.717, 1.165) is 22.5 Å². The predicted octanol–water partition coefficient (Wildman–Crippen LogP) is 3.68. The van der Waals surface area contributed by atoms with E-state index >= 15 is 0 Å². The van der Waals surface area contributed by atoms with Gasteiger partial charge in [-0.3, -0.25) is 0 Å². The Morgan fingerprint density at radius 2 is 2.24 bits per heavy atom. The van der Waals surface area contributed by atoms with Crippen LogP contribution in [0.15, 0.2) is 19.0 Å². The molecule has 0 aliphatic heterocycles. The minimum atomic E-state index is 0.338. The number of hydrogen-bond acceptors (Lipinski definition) is 4. The summed E-state index contributed by atoms with van der Waals surface area (Å²) in [4.78, 5) is 11.0. The van der Waals surface area contributed by atoms with Crippen LogP contribution in [0.5, 0.6) is 0 Å². The van der Waals surface area contributed by atoms with Crippen molar-refractivity contribution in [2.75, 3.05) is 5.32 Å². The summed E-state index contributed by atoms with van der Waals surface area (Å²) in [6, 6.07) is 0.338. The topological polar surface area (TPSA) is 37.8 Å². The van der Waals surface area contributed by atoms with E-state index < -0.39 is 0 Å². The van der Waals surface area contributed by atoms with E-state index in [1.165, 1.54) is 10.4 Å². The molecule has 2 heterocycles. The molecular weight excluding hydrogens is 230 g/mol. The smallest absolute Gasteiger partial charge is 0.138 e. The lowest BCUT2D eigenvalue weighted by atomic mass is 10.2. The second-order valence-electron chi connectivity index (χ2n) is 4.26. The second kappa shape index (κ2) is 4.84.